The molecule has 1 aliphatic heterocycles. The largest absolute Gasteiger partial charge is 0.327 e. The fourth-order valence-corrected chi connectivity index (χ4v) is 3.73. The molecule has 130 valence electrons. The number of H-pyrrole nitrogens is 1. The minimum Gasteiger partial charge on any atom is -0.327 e. The van der Waals surface area contributed by atoms with Crippen molar-refractivity contribution in [2.24, 2.45) is 0 Å². The highest BCUT2D eigenvalue weighted by Gasteiger charge is 2.26. The highest BCUT2D eigenvalue weighted by molar-refractivity contribution is 5.87. The number of aromatic amines is 1. The summed E-state index contributed by atoms with van der Waals surface area (Å²) >= 11 is 0. The summed E-state index contributed by atoms with van der Waals surface area (Å²) in [5.41, 5.74) is 3.69. The maximum atomic E-state index is 14.7. The number of hydrogen-bond acceptors (Lipinski definition) is 2. The van der Waals surface area contributed by atoms with Crippen molar-refractivity contribution in [2.75, 3.05) is 0 Å². The quantitative estimate of drug-likeness (QED) is 0.573. The second kappa shape index (κ2) is 5.49. The molecular weight excluding hydrogens is 334 g/mol. The van der Waals surface area contributed by atoms with Gasteiger partial charge in [0.25, 0.3) is 0 Å². The van der Waals surface area contributed by atoms with Crippen LogP contribution >= 0.6 is 0 Å². The van der Waals surface area contributed by atoms with Crippen molar-refractivity contribution >= 4 is 10.9 Å². The van der Waals surface area contributed by atoms with E-state index in [-0.39, 0.29) is 5.56 Å². The molecule has 0 saturated heterocycles. The maximum Gasteiger partial charge on any atom is 0.168 e. The molecule has 2 aromatic heterocycles. The van der Waals surface area contributed by atoms with Gasteiger partial charge in [-0.05, 0) is 37.1 Å². The van der Waals surface area contributed by atoms with Gasteiger partial charge in [-0.3, -0.25) is 5.10 Å². The molecule has 0 fully saturated rings. The molecule has 1 N–H and O–H groups in total. The number of nitrogens with zero attached hydrogens (tertiary/aromatic N) is 3. The summed E-state index contributed by atoms with van der Waals surface area (Å²) in [6.07, 6.45) is 3.61. The van der Waals surface area contributed by atoms with E-state index < -0.39 is 11.6 Å². The van der Waals surface area contributed by atoms with Crippen molar-refractivity contribution in [1.29, 1.82) is 0 Å². The molecule has 0 aliphatic carbocycles. The minimum atomic E-state index is -0.840. The minimum absolute atomic E-state index is 0.206. The van der Waals surface area contributed by atoms with E-state index in [1.54, 1.807) is 25.3 Å². The Hall–Kier alpha value is -3.02. The normalized spacial score (nSPS) is 13.5. The predicted octanol–water partition coefficient (Wildman–Crippen LogP) is 4.63. The van der Waals surface area contributed by atoms with Gasteiger partial charge in [0, 0.05) is 29.5 Å². The number of imidazole rings is 1. The SMILES string of the molecule is Cc1ccc(-c2nc3n(c2-c2ccc4[nH]ncc4c2)CCC3)c(F)c1F. The fourth-order valence-electron chi connectivity index (χ4n) is 3.73. The van der Waals surface area contributed by atoms with Crippen molar-refractivity contribution in [1.82, 2.24) is 19.7 Å². The summed E-state index contributed by atoms with van der Waals surface area (Å²) in [6.45, 7) is 2.39. The summed E-state index contributed by atoms with van der Waals surface area (Å²) < 4.78 is 30.9. The van der Waals surface area contributed by atoms with Crippen molar-refractivity contribution < 1.29 is 8.78 Å². The van der Waals surface area contributed by atoms with E-state index >= 15 is 0 Å². The molecule has 1 aliphatic rings. The maximum absolute atomic E-state index is 14.7. The summed E-state index contributed by atoms with van der Waals surface area (Å²) in [7, 11) is 0. The summed E-state index contributed by atoms with van der Waals surface area (Å²) in [4.78, 5) is 4.67. The third-order valence-corrected chi connectivity index (χ3v) is 5.07. The van der Waals surface area contributed by atoms with E-state index in [1.807, 2.05) is 18.2 Å². The molecule has 0 saturated carbocycles. The van der Waals surface area contributed by atoms with Crippen molar-refractivity contribution in [3.05, 3.63) is 59.6 Å². The Bertz CT molecular complexity index is 1160. The smallest absolute Gasteiger partial charge is 0.168 e. The lowest BCUT2D eigenvalue weighted by Crippen LogP contribution is -1.98. The zero-order chi connectivity index (χ0) is 17.8. The van der Waals surface area contributed by atoms with Gasteiger partial charge in [-0.2, -0.15) is 5.10 Å². The van der Waals surface area contributed by atoms with E-state index in [9.17, 15) is 8.78 Å². The molecular formula is C20H16F2N4. The molecule has 4 nitrogen and oxygen atoms in total. The van der Waals surface area contributed by atoms with Gasteiger partial charge in [0.1, 0.15) is 5.82 Å². The van der Waals surface area contributed by atoms with Crippen LogP contribution in [0.4, 0.5) is 8.78 Å². The van der Waals surface area contributed by atoms with Crippen LogP contribution in [0.3, 0.4) is 0 Å². The number of rotatable bonds is 2. The number of nitrogens with one attached hydrogen (secondary N) is 1. The van der Waals surface area contributed by atoms with Crippen LogP contribution < -0.4 is 0 Å². The Morgan fingerprint density at radius 2 is 2.00 bits per heavy atom. The van der Waals surface area contributed by atoms with Crippen LogP contribution in [-0.4, -0.2) is 19.7 Å². The van der Waals surface area contributed by atoms with Crippen molar-refractivity contribution in [3.8, 4) is 22.5 Å². The summed E-state index contributed by atoms with van der Waals surface area (Å²) in [6, 6.07) is 9.14. The van der Waals surface area contributed by atoms with E-state index in [0.717, 1.165) is 47.4 Å². The second-order valence-electron chi connectivity index (χ2n) is 6.71. The average Bonchev–Trinajstić information content (AvgIpc) is 3.34. The van der Waals surface area contributed by atoms with Crippen LogP contribution in [0.15, 0.2) is 36.5 Å². The molecule has 3 heterocycles. The highest BCUT2D eigenvalue weighted by atomic mass is 19.2. The average molecular weight is 350 g/mol. The number of hydrogen-bond donors (Lipinski definition) is 1. The molecule has 26 heavy (non-hydrogen) atoms. The van der Waals surface area contributed by atoms with Gasteiger partial charge in [0.05, 0.1) is 23.1 Å². The molecule has 0 atom stereocenters. The van der Waals surface area contributed by atoms with Crippen LogP contribution in [0.25, 0.3) is 33.4 Å². The second-order valence-corrected chi connectivity index (χ2v) is 6.71. The zero-order valence-corrected chi connectivity index (χ0v) is 14.2. The Kier molecular flexibility index (Phi) is 3.22. The third kappa shape index (κ3) is 2.11. The fraction of sp³-hybridized carbons (Fsp3) is 0.200. The highest BCUT2D eigenvalue weighted by Crippen LogP contribution is 2.38. The van der Waals surface area contributed by atoms with Gasteiger partial charge in [-0.25, -0.2) is 13.8 Å². The first kappa shape index (κ1) is 15.3. The van der Waals surface area contributed by atoms with Gasteiger partial charge < -0.3 is 4.57 Å². The number of benzene rings is 2. The standard InChI is InChI=1S/C20H16F2N4/c1-11-4-6-14(18(22)17(11)21)19-20(26-8-2-3-16(26)24-19)12-5-7-15-13(9-12)10-23-25-15/h4-7,9-10H,2-3,8H2,1H3,(H,23,25). The van der Waals surface area contributed by atoms with E-state index in [2.05, 4.69) is 19.7 Å². The lowest BCUT2D eigenvalue weighted by Gasteiger charge is -2.10. The Morgan fingerprint density at radius 1 is 1.12 bits per heavy atom. The first-order valence-electron chi connectivity index (χ1n) is 8.61. The van der Waals surface area contributed by atoms with Crippen LogP contribution in [0, 0.1) is 18.6 Å². The lowest BCUT2D eigenvalue weighted by atomic mass is 10.0. The molecule has 2 aromatic carbocycles. The first-order chi connectivity index (χ1) is 12.6. The van der Waals surface area contributed by atoms with Crippen molar-refractivity contribution in [3.63, 3.8) is 0 Å². The molecule has 0 spiro atoms. The molecule has 4 aromatic rings. The topological polar surface area (TPSA) is 46.5 Å². The molecule has 0 radical (unpaired) electrons. The Labute approximate surface area is 148 Å². The van der Waals surface area contributed by atoms with E-state index in [1.165, 1.54) is 0 Å². The third-order valence-electron chi connectivity index (χ3n) is 5.07. The summed E-state index contributed by atoms with van der Waals surface area (Å²) in [5.74, 6) is -0.734. The molecule has 0 amide bonds. The van der Waals surface area contributed by atoms with E-state index in [0.29, 0.717) is 11.3 Å². The van der Waals surface area contributed by atoms with Gasteiger partial charge >= 0.3 is 0 Å². The van der Waals surface area contributed by atoms with Crippen molar-refractivity contribution in [2.45, 2.75) is 26.3 Å². The van der Waals surface area contributed by atoms with Crippen LogP contribution in [0.1, 0.15) is 17.8 Å². The monoisotopic (exact) mass is 350 g/mol. The predicted molar refractivity (Wildman–Crippen MR) is 95.7 cm³/mol. The van der Waals surface area contributed by atoms with Gasteiger partial charge in [-0.1, -0.05) is 12.1 Å². The van der Waals surface area contributed by atoms with Gasteiger partial charge in [0.15, 0.2) is 11.6 Å². The number of aryl methyl sites for hydroxylation is 2. The van der Waals surface area contributed by atoms with E-state index in [4.69, 9.17) is 0 Å². The number of fused-ring (bicyclic) bond motifs is 2. The molecule has 0 bridgehead atoms. The molecule has 5 rings (SSSR count). The number of aromatic nitrogens is 4. The van der Waals surface area contributed by atoms with Gasteiger partial charge in [0.2, 0.25) is 0 Å². The first-order valence-corrected chi connectivity index (χ1v) is 8.61. The van der Waals surface area contributed by atoms with Crippen LogP contribution in [0.2, 0.25) is 0 Å². The number of halogens is 2. The zero-order valence-electron chi connectivity index (χ0n) is 14.2. The van der Waals surface area contributed by atoms with Crippen LogP contribution in [-0.2, 0) is 13.0 Å². The van der Waals surface area contributed by atoms with Gasteiger partial charge in [-0.15, -0.1) is 0 Å². The Morgan fingerprint density at radius 3 is 2.88 bits per heavy atom. The Balaban J connectivity index is 1.79. The van der Waals surface area contributed by atoms with Crippen LogP contribution in [0.5, 0.6) is 0 Å². The lowest BCUT2D eigenvalue weighted by molar-refractivity contribution is 0.505. The summed E-state index contributed by atoms with van der Waals surface area (Å²) in [5, 5.41) is 7.96. The molecule has 6 heteroatoms. The molecule has 0 unspecified atom stereocenters.